The van der Waals surface area contributed by atoms with Gasteiger partial charge < -0.3 is 10.2 Å². The summed E-state index contributed by atoms with van der Waals surface area (Å²) >= 11 is 6.33. The molecule has 0 aliphatic rings. The predicted molar refractivity (Wildman–Crippen MR) is 119 cm³/mol. The summed E-state index contributed by atoms with van der Waals surface area (Å²) < 4.78 is 0. The van der Waals surface area contributed by atoms with Gasteiger partial charge in [0.05, 0.1) is 0 Å². The van der Waals surface area contributed by atoms with Crippen LogP contribution in [0.1, 0.15) is 49.8 Å². The van der Waals surface area contributed by atoms with E-state index in [0.717, 1.165) is 17.5 Å². The summed E-state index contributed by atoms with van der Waals surface area (Å²) in [5.41, 5.74) is 3.16. The first-order chi connectivity index (χ1) is 14.0. The summed E-state index contributed by atoms with van der Waals surface area (Å²) in [5, 5.41) is 3.54. The molecule has 0 aliphatic carbocycles. The molecule has 2 aromatic rings. The summed E-state index contributed by atoms with van der Waals surface area (Å²) in [4.78, 5) is 27.6. The van der Waals surface area contributed by atoms with E-state index in [4.69, 9.17) is 11.6 Å². The van der Waals surface area contributed by atoms with E-state index in [9.17, 15) is 9.59 Å². The zero-order chi connectivity index (χ0) is 21.2. The number of halogens is 1. The van der Waals surface area contributed by atoms with Gasteiger partial charge in [0.2, 0.25) is 11.8 Å². The summed E-state index contributed by atoms with van der Waals surface area (Å²) in [6, 6.07) is 15.2. The molecule has 0 aliphatic heterocycles. The van der Waals surface area contributed by atoms with Crippen molar-refractivity contribution in [2.24, 2.45) is 0 Å². The quantitative estimate of drug-likeness (QED) is 0.600. The number of nitrogens with zero attached hydrogens (tertiary/aromatic N) is 1. The second kappa shape index (κ2) is 11.6. The molecule has 0 saturated heterocycles. The first-order valence-corrected chi connectivity index (χ1v) is 10.7. The van der Waals surface area contributed by atoms with Gasteiger partial charge in [0, 0.05) is 24.5 Å². The predicted octanol–water partition coefficient (Wildman–Crippen LogP) is 4.91. The Hall–Kier alpha value is -2.33. The molecule has 1 N–H and O–H groups in total. The average molecular weight is 415 g/mol. The van der Waals surface area contributed by atoms with Crippen molar-refractivity contribution in [3.63, 3.8) is 0 Å². The van der Waals surface area contributed by atoms with Gasteiger partial charge in [0.1, 0.15) is 6.04 Å². The zero-order valence-electron chi connectivity index (χ0n) is 17.6. The maximum Gasteiger partial charge on any atom is 0.242 e. The molecule has 0 saturated carbocycles. The van der Waals surface area contributed by atoms with Crippen molar-refractivity contribution < 1.29 is 9.59 Å². The van der Waals surface area contributed by atoms with Crippen LogP contribution < -0.4 is 5.32 Å². The van der Waals surface area contributed by atoms with Gasteiger partial charge in [-0.1, -0.05) is 73.5 Å². The maximum atomic E-state index is 13.2. The molecular weight excluding hydrogens is 384 g/mol. The van der Waals surface area contributed by atoms with Crippen molar-refractivity contribution in [2.75, 3.05) is 6.54 Å². The van der Waals surface area contributed by atoms with Crippen molar-refractivity contribution in [1.82, 2.24) is 10.2 Å². The van der Waals surface area contributed by atoms with Gasteiger partial charge in [0.15, 0.2) is 0 Å². The highest BCUT2D eigenvalue weighted by molar-refractivity contribution is 6.31. The van der Waals surface area contributed by atoms with Gasteiger partial charge in [-0.05, 0) is 43.4 Å². The first-order valence-electron chi connectivity index (χ1n) is 10.3. The topological polar surface area (TPSA) is 49.4 Å². The molecular formula is C24H31ClN2O2. The van der Waals surface area contributed by atoms with E-state index < -0.39 is 6.04 Å². The number of nitrogens with one attached hydrogen (secondary N) is 1. The second-order valence-electron chi connectivity index (χ2n) is 7.31. The number of hydrogen-bond donors (Lipinski definition) is 1. The molecule has 0 radical (unpaired) electrons. The Balaban J connectivity index is 2.19. The van der Waals surface area contributed by atoms with Gasteiger partial charge in [-0.25, -0.2) is 0 Å². The minimum Gasteiger partial charge on any atom is -0.354 e. The molecule has 2 rings (SSSR count). The van der Waals surface area contributed by atoms with Crippen LogP contribution in [0.2, 0.25) is 5.02 Å². The summed E-state index contributed by atoms with van der Waals surface area (Å²) in [5.74, 6) is -0.144. The minimum atomic E-state index is -0.511. The lowest BCUT2D eigenvalue weighted by Gasteiger charge is -2.31. The molecule has 2 amide bonds. The van der Waals surface area contributed by atoms with E-state index >= 15 is 0 Å². The maximum absolute atomic E-state index is 13.2. The monoisotopic (exact) mass is 414 g/mol. The van der Waals surface area contributed by atoms with Crippen molar-refractivity contribution >= 4 is 23.4 Å². The Kier molecular flexibility index (Phi) is 9.20. The molecule has 0 heterocycles. The standard InChI is InChI=1S/C24H31ClN2O2/c1-4-16-26-24(29)22(5-2)27(17-20-8-6-7-9-21(20)25)23(28)15-14-19-12-10-18(3)11-13-19/h6-13,22H,4-5,14-17H2,1-3H3,(H,26,29)/t22-/m1/s1. The van der Waals surface area contributed by atoms with Crippen LogP contribution in [-0.2, 0) is 22.6 Å². The van der Waals surface area contributed by atoms with Gasteiger partial charge >= 0.3 is 0 Å². The van der Waals surface area contributed by atoms with Crippen LogP contribution in [0.25, 0.3) is 0 Å². The van der Waals surface area contributed by atoms with Crippen LogP contribution in [0, 0.1) is 6.92 Å². The van der Waals surface area contributed by atoms with Crippen molar-refractivity contribution in [1.29, 1.82) is 0 Å². The number of carbonyl (C=O) groups excluding carboxylic acids is 2. The third-order valence-corrected chi connectivity index (χ3v) is 5.35. The number of benzene rings is 2. The smallest absolute Gasteiger partial charge is 0.242 e. The molecule has 29 heavy (non-hydrogen) atoms. The Morgan fingerprint density at radius 3 is 2.38 bits per heavy atom. The largest absolute Gasteiger partial charge is 0.354 e. The highest BCUT2D eigenvalue weighted by Gasteiger charge is 2.28. The van der Waals surface area contributed by atoms with Crippen molar-refractivity contribution in [3.05, 3.63) is 70.2 Å². The fraction of sp³-hybridized carbons (Fsp3) is 0.417. The van der Waals surface area contributed by atoms with E-state index in [-0.39, 0.29) is 11.8 Å². The number of hydrogen-bond acceptors (Lipinski definition) is 2. The molecule has 0 fully saturated rings. The summed E-state index contributed by atoms with van der Waals surface area (Å²) in [6.07, 6.45) is 2.40. The highest BCUT2D eigenvalue weighted by Crippen LogP contribution is 2.21. The van der Waals surface area contributed by atoms with Crippen LogP contribution in [0.3, 0.4) is 0 Å². The summed E-state index contributed by atoms with van der Waals surface area (Å²) in [6.45, 7) is 6.91. The van der Waals surface area contributed by atoms with E-state index in [1.54, 1.807) is 4.90 Å². The van der Waals surface area contributed by atoms with Gasteiger partial charge in [0.25, 0.3) is 0 Å². The third-order valence-electron chi connectivity index (χ3n) is 4.98. The SMILES string of the molecule is CCCNC(=O)[C@@H](CC)N(Cc1ccccc1Cl)C(=O)CCc1ccc(C)cc1. The summed E-state index contributed by atoms with van der Waals surface area (Å²) in [7, 11) is 0. The van der Waals surface area contributed by atoms with Crippen molar-refractivity contribution in [3.8, 4) is 0 Å². The molecule has 0 bridgehead atoms. The van der Waals surface area contributed by atoms with Crippen LogP contribution in [0.4, 0.5) is 0 Å². The molecule has 0 unspecified atom stereocenters. The van der Waals surface area contributed by atoms with Crippen LogP contribution >= 0.6 is 11.6 Å². The Labute approximate surface area is 179 Å². The molecule has 0 aromatic heterocycles. The van der Waals surface area contributed by atoms with E-state index in [1.807, 2.05) is 69.3 Å². The number of carbonyl (C=O) groups is 2. The van der Waals surface area contributed by atoms with Crippen molar-refractivity contribution in [2.45, 2.75) is 59.0 Å². The van der Waals surface area contributed by atoms with E-state index in [2.05, 4.69) is 5.32 Å². The molecule has 156 valence electrons. The average Bonchev–Trinajstić information content (AvgIpc) is 2.72. The first kappa shape index (κ1) is 23.0. The Morgan fingerprint density at radius 2 is 1.76 bits per heavy atom. The van der Waals surface area contributed by atoms with E-state index in [1.165, 1.54) is 5.56 Å². The normalized spacial score (nSPS) is 11.7. The molecule has 1 atom stereocenters. The van der Waals surface area contributed by atoms with Crippen LogP contribution in [-0.4, -0.2) is 29.3 Å². The number of rotatable bonds is 10. The van der Waals surface area contributed by atoms with Gasteiger partial charge in [-0.2, -0.15) is 0 Å². The lowest BCUT2D eigenvalue weighted by atomic mass is 10.0. The van der Waals surface area contributed by atoms with E-state index in [0.29, 0.717) is 37.4 Å². The minimum absolute atomic E-state index is 0.0380. The number of aryl methyl sites for hydroxylation is 2. The Morgan fingerprint density at radius 1 is 1.07 bits per heavy atom. The molecule has 4 nitrogen and oxygen atoms in total. The molecule has 0 spiro atoms. The number of amides is 2. The lowest BCUT2D eigenvalue weighted by molar-refractivity contribution is -0.141. The fourth-order valence-corrected chi connectivity index (χ4v) is 3.44. The van der Waals surface area contributed by atoms with Crippen LogP contribution in [0.15, 0.2) is 48.5 Å². The molecule has 5 heteroatoms. The second-order valence-corrected chi connectivity index (χ2v) is 7.72. The highest BCUT2D eigenvalue weighted by atomic mass is 35.5. The lowest BCUT2D eigenvalue weighted by Crippen LogP contribution is -2.49. The molecule has 2 aromatic carbocycles. The third kappa shape index (κ3) is 6.90. The van der Waals surface area contributed by atoms with Crippen LogP contribution in [0.5, 0.6) is 0 Å². The fourth-order valence-electron chi connectivity index (χ4n) is 3.25. The zero-order valence-corrected chi connectivity index (χ0v) is 18.3. The van der Waals surface area contributed by atoms with Gasteiger partial charge in [-0.15, -0.1) is 0 Å². The van der Waals surface area contributed by atoms with Gasteiger partial charge in [-0.3, -0.25) is 9.59 Å². The Bertz CT molecular complexity index is 805.